The first kappa shape index (κ1) is 14.6. The van der Waals surface area contributed by atoms with Crippen LogP contribution in [-0.4, -0.2) is 27.5 Å². The van der Waals surface area contributed by atoms with Crippen LogP contribution in [0.15, 0.2) is 36.7 Å². The number of nitrogens with one attached hydrogen (secondary N) is 1. The third-order valence-electron chi connectivity index (χ3n) is 3.00. The molecule has 6 heteroatoms. The third-order valence-corrected chi connectivity index (χ3v) is 3.00. The maximum Gasteiger partial charge on any atom is 0.129 e. The van der Waals surface area contributed by atoms with Crippen molar-refractivity contribution in [1.82, 2.24) is 15.1 Å². The van der Waals surface area contributed by atoms with Crippen molar-refractivity contribution in [3.63, 3.8) is 0 Å². The summed E-state index contributed by atoms with van der Waals surface area (Å²) in [6.07, 6.45) is 2.43. The molecule has 4 nitrogen and oxygen atoms in total. The fourth-order valence-corrected chi connectivity index (χ4v) is 1.95. The van der Waals surface area contributed by atoms with Crippen molar-refractivity contribution in [2.75, 3.05) is 6.54 Å². The molecule has 0 fully saturated rings. The smallest absolute Gasteiger partial charge is 0.129 e. The molecule has 1 aromatic carbocycles. The van der Waals surface area contributed by atoms with E-state index in [-0.39, 0.29) is 18.2 Å². The molecule has 0 aliphatic carbocycles. The Morgan fingerprint density at radius 1 is 1.40 bits per heavy atom. The molecule has 2 rings (SSSR count). The lowest BCUT2D eigenvalue weighted by molar-refractivity contribution is 0.164. The second-order valence-electron chi connectivity index (χ2n) is 4.72. The van der Waals surface area contributed by atoms with Crippen molar-refractivity contribution in [1.29, 1.82) is 0 Å². The average Bonchev–Trinajstić information content (AvgIpc) is 2.91. The summed E-state index contributed by atoms with van der Waals surface area (Å²) in [7, 11) is 0. The van der Waals surface area contributed by atoms with Gasteiger partial charge in [0, 0.05) is 30.5 Å². The average molecular weight is 281 g/mol. The van der Waals surface area contributed by atoms with E-state index in [0.717, 1.165) is 18.2 Å². The van der Waals surface area contributed by atoms with Crippen LogP contribution in [0.4, 0.5) is 8.78 Å². The van der Waals surface area contributed by atoms with Crippen LogP contribution in [0.3, 0.4) is 0 Å². The first-order chi connectivity index (χ1) is 9.56. The van der Waals surface area contributed by atoms with Crippen molar-refractivity contribution >= 4 is 0 Å². The maximum atomic E-state index is 13.5. The molecule has 0 bridgehead atoms. The van der Waals surface area contributed by atoms with Gasteiger partial charge in [-0.25, -0.2) is 8.78 Å². The zero-order chi connectivity index (χ0) is 14.5. The summed E-state index contributed by atoms with van der Waals surface area (Å²) in [5, 5.41) is 17.0. The number of aromatic nitrogens is 2. The summed E-state index contributed by atoms with van der Waals surface area (Å²) >= 11 is 0. The first-order valence-corrected chi connectivity index (χ1v) is 6.40. The van der Waals surface area contributed by atoms with E-state index in [1.54, 1.807) is 10.9 Å². The number of hydrogen-bond acceptors (Lipinski definition) is 3. The van der Waals surface area contributed by atoms with Crippen LogP contribution < -0.4 is 5.32 Å². The Morgan fingerprint density at radius 3 is 2.90 bits per heavy atom. The molecule has 0 saturated heterocycles. The molecular weight excluding hydrogens is 264 g/mol. The maximum absolute atomic E-state index is 13.5. The molecular formula is C14H17F2N3O. The first-order valence-electron chi connectivity index (χ1n) is 6.40. The highest BCUT2D eigenvalue weighted by Gasteiger charge is 2.15. The van der Waals surface area contributed by atoms with Gasteiger partial charge in [0.25, 0.3) is 0 Å². The van der Waals surface area contributed by atoms with Gasteiger partial charge < -0.3 is 10.4 Å². The lowest BCUT2D eigenvalue weighted by Crippen LogP contribution is -2.34. The Bertz CT molecular complexity index is 545. The minimum Gasteiger partial charge on any atom is -0.387 e. The molecule has 2 atom stereocenters. The Balaban J connectivity index is 1.88. The van der Waals surface area contributed by atoms with Crippen LogP contribution in [-0.2, 0) is 6.54 Å². The normalized spacial score (nSPS) is 14.2. The molecule has 0 unspecified atom stereocenters. The number of benzene rings is 1. The standard InChI is InChI=1S/C14H17F2N3O/c1-10(9-19-6-2-5-18-19)17-8-14(20)12-7-11(15)3-4-13(12)16/h2-7,10,14,17,20H,8-9H2,1H3/t10-,14+/m1/s1. The second kappa shape index (κ2) is 6.58. The fraction of sp³-hybridized carbons (Fsp3) is 0.357. The number of aliphatic hydroxyl groups is 1. The fourth-order valence-electron chi connectivity index (χ4n) is 1.95. The van der Waals surface area contributed by atoms with Crippen molar-refractivity contribution in [2.45, 2.75) is 25.6 Å². The van der Waals surface area contributed by atoms with Crippen molar-refractivity contribution in [3.8, 4) is 0 Å². The van der Waals surface area contributed by atoms with Gasteiger partial charge in [-0.1, -0.05) is 0 Å². The molecule has 108 valence electrons. The molecule has 0 aliphatic heterocycles. The lowest BCUT2D eigenvalue weighted by atomic mass is 10.1. The molecule has 0 spiro atoms. The molecule has 1 heterocycles. The lowest BCUT2D eigenvalue weighted by Gasteiger charge is -2.18. The van der Waals surface area contributed by atoms with Gasteiger partial charge in [0.05, 0.1) is 12.6 Å². The van der Waals surface area contributed by atoms with Crippen LogP contribution in [0.25, 0.3) is 0 Å². The Kier molecular flexibility index (Phi) is 4.81. The van der Waals surface area contributed by atoms with E-state index in [4.69, 9.17) is 0 Å². The minimum absolute atomic E-state index is 0.0382. The summed E-state index contributed by atoms with van der Waals surface area (Å²) in [4.78, 5) is 0. The van der Waals surface area contributed by atoms with Crippen LogP contribution in [0.2, 0.25) is 0 Å². The Morgan fingerprint density at radius 2 is 2.20 bits per heavy atom. The molecule has 2 aromatic rings. The van der Waals surface area contributed by atoms with E-state index in [1.807, 2.05) is 19.2 Å². The monoisotopic (exact) mass is 281 g/mol. The summed E-state index contributed by atoms with van der Waals surface area (Å²) in [5.41, 5.74) is -0.0382. The number of aliphatic hydroxyl groups excluding tert-OH is 1. The molecule has 0 aliphatic rings. The topological polar surface area (TPSA) is 50.1 Å². The van der Waals surface area contributed by atoms with Gasteiger partial charge in [-0.05, 0) is 31.2 Å². The van der Waals surface area contributed by atoms with Crippen LogP contribution >= 0.6 is 0 Å². The van der Waals surface area contributed by atoms with E-state index in [1.165, 1.54) is 0 Å². The molecule has 0 saturated carbocycles. The number of halogens is 2. The highest BCUT2D eigenvalue weighted by atomic mass is 19.1. The van der Waals surface area contributed by atoms with Gasteiger partial charge in [-0.3, -0.25) is 4.68 Å². The Hall–Kier alpha value is -1.79. The van der Waals surface area contributed by atoms with Crippen molar-refractivity contribution < 1.29 is 13.9 Å². The van der Waals surface area contributed by atoms with E-state index in [9.17, 15) is 13.9 Å². The van der Waals surface area contributed by atoms with Gasteiger partial charge in [-0.15, -0.1) is 0 Å². The number of hydrogen-bond donors (Lipinski definition) is 2. The van der Waals surface area contributed by atoms with Crippen molar-refractivity contribution in [3.05, 3.63) is 53.9 Å². The van der Waals surface area contributed by atoms with Crippen LogP contribution in [0.1, 0.15) is 18.6 Å². The third kappa shape index (κ3) is 3.85. The predicted octanol–water partition coefficient (Wildman–Crippen LogP) is 1.87. The van der Waals surface area contributed by atoms with Crippen LogP contribution in [0.5, 0.6) is 0 Å². The van der Waals surface area contributed by atoms with Gasteiger partial charge in [0.15, 0.2) is 0 Å². The zero-order valence-electron chi connectivity index (χ0n) is 11.1. The predicted molar refractivity (Wildman–Crippen MR) is 71.0 cm³/mol. The molecule has 0 amide bonds. The molecule has 2 N–H and O–H groups in total. The number of rotatable bonds is 6. The summed E-state index contributed by atoms with van der Waals surface area (Å²) < 4.78 is 28.3. The van der Waals surface area contributed by atoms with Gasteiger partial charge in [0.2, 0.25) is 0 Å². The van der Waals surface area contributed by atoms with E-state index in [2.05, 4.69) is 10.4 Å². The second-order valence-corrected chi connectivity index (χ2v) is 4.72. The summed E-state index contributed by atoms with van der Waals surface area (Å²) in [6.45, 7) is 2.70. The van der Waals surface area contributed by atoms with E-state index in [0.29, 0.717) is 6.54 Å². The quantitative estimate of drug-likeness (QED) is 0.850. The highest BCUT2D eigenvalue weighted by molar-refractivity contribution is 5.21. The molecule has 1 aromatic heterocycles. The Labute approximate surface area is 116 Å². The zero-order valence-corrected chi connectivity index (χ0v) is 11.1. The summed E-state index contributed by atoms with van der Waals surface area (Å²) in [6, 6.07) is 4.92. The van der Waals surface area contributed by atoms with Gasteiger partial charge in [0.1, 0.15) is 11.6 Å². The highest BCUT2D eigenvalue weighted by Crippen LogP contribution is 2.17. The van der Waals surface area contributed by atoms with Gasteiger partial charge >= 0.3 is 0 Å². The van der Waals surface area contributed by atoms with Crippen LogP contribution in [0, 0.1) is 11.6 Å². The van der Waals surface area contributed by atoms with Gasteiger partial charge in [-0.2, -0.15) is 5.10 Å². The largest absolute Gasteiger partial charge is 0.387 e. The molecule has 0 radical (unpaired) electrons. The van der Waals surface area contributed by atoms with E-state index < -0.39 is 17.7 Å². The summed E-state index contributed by atoms with van der Waals surface area (Å²) in [5.74, 6) is -1.18. The number of nitrogens with zero attached hydrogens (tertiary/aromatic N) is 2. The van der Waals surface area contributed by atoms with Crippen molar-refractivity contribution in [2.24, 2.45) is 0 Å². The van der Waals surface area contributed by atoms with E-state index >= 15 is 0 Å². The minimum atomic E-state index is -1.09. The molecule has 20 heavy (non-hydrogen) atoms. The SMILES string of the molecule is C[C@H](Cn1cccn1)NC[C@H](O)c1cc(F)ccc1F.